The first-order chi connectivity index (χ1) is 14.5. The Bertz CT molecular complexity index is 1230. The van der Waals surface area contributed by atoms with E-state index in [0.717, 1.165) is 12.8 Å². The lowest BCUT2D eigenvalue weighted by molar-refractivity contribution is -0.132. The molecule has 3 heterocycles. The van der Waals surface area contributed by atoms with Gasteiger partial charge < -0.3 is 0 Å². The lowest BCUT2D eigenvalue weighted by atomic mass is 9.75. The van der Waals surface area contributed by atoms with Gasteiger partial charge in [0.1, 0.15) is 11.7 Å². The average molecular weight is 422 g/mol. The van der Waals surface area contributed by atoms with Gasteiger partial charge in [0, 0.05) is 6.20 Å². The van der Waals surface area contributed by atoms with Crippen LogP contribution in [-0.2, 0) is 11.3 Å². The van der Waals surface area contributed by atoms with Gasteiger partial charge in [-0.1, -0.05) is 41.4 Å². The number of carbonyl (C=O) groups excluding carboxylic acids is 1. The first kappa shape index (κ1) is 18.9. The molecule has 0 saturated heterocycles. The highest BCUT2D eigenvalue weighted by Gasteiger charge is 2.39. The fourth-order valence-corrected chi connectivity index (χ4v) is 4.35. The Morgan fingerprint density at radius 1 is 1.10 bits per heavy atom. The van der Waals surface area contributed by atoms with Gasteiger partial charge in [-0.15, -0.1) is 0 Å². The normalized spacial score (nSPS) is 21.1. The number of nitrogens with zero attached hydrogens (tertiary/aromatic N) is 5. The number of rotatable bonds is 4. The molecule has 7 nitrogen and oxygen atoms in total. The molecule has 2 aliphatic rings. The molecule has 1 aliphatic heterocycles. The van der Waals surface area contributed by atoms with Gasteiger partial charge in [0.15, 0.2) is 5.65 Å². The van der Waals surface area contributed by atoms with Crippen molar-refractivity contribution in [2.45, 2.75) is 44.7 Å². The monoisotopic (exact) mass is 421 g/mol. The Hall–Kier alpha value is -3.06. The highest BCUT2D eigenvalue weighted by atomic mass is 35.5. The fraction of sp³-hybridized carbons (Fsp3) is 0.318. The number of halogens is 1. The van der Waals surface area contributed by atoms with Crippen LogP contribution in [0.2, 0.25) is 5.02 Å². The lowest BCUT2D eigenvalue weighted by Gasteiger charge is -2.39. The van der Waals surface area contributed by atoms with Crippen molar-refractivity contribution < 1.29 is 4.79 Å². The second-order valence-corrected chi connectivity index (χ2v) is 8.39. The van der Waals surface area contributed by atoms with Gasteiger partial charge in [-0.25, -0.2) is 15.0 Å². The van der Waals surface area contributed by atoms with E-state index in [4.69, 9.17) is 11.6 Å². The van der Waals surface area contributed by atoms with E-state index in [1.165, 1.54) is 28.2 Å². The Morgan fingerprint density at radius 2 is 1.87 bits per heavy atom. The molecule has 1 amide bonds. The molecule has 3 aromatic rings. The number of amides is 1. The zero-order valence-electron chi connectivity index (χ0n) is 16.5. The Balaban J connectivity index is 1.31. The minimum Gasteiger partial charge on any atom is -0.293 e. The summed E-state index contributed by atoms with van der Waals surface area (Å²) >= 11 is 6.15. The zero-order valence-corrected chi connectivity index (χ0v) is 17.2. The summed E-state index contributed by atoms with van der Waals surface area (Å²) < 4.78 is 1.43. The van der Waals surface area contributed by atoms with Crippen LogP contribution in [-0.4, -0.2) is 37.2 Å². The molecule has 2 aromatic heterocycles. The van der Waals surface area contributed by atoms with Crippen molar-refractivity contribution in [1.29, 1.82) is 0 Å². The summed E-state index contributed by atoms with van der Waals surface area (Å²) in [6.07, 6.45) is 4.98. The summed E-state index contributed by atoms with van der Waals surface area (Å²) in [6.45, 7) is 2.29. The summed E-state index contributed by atoms with van der Waals surface area (Å²) in [5.41, 5.74) is 3.24. The molecule has 1 aliphatic carbocycles. The number of aromatic nitrogens is 3. The molecule has 30 heavy (non-hydrogen) atoms. The standard InChI is InChI=1S/C22H20ClN5O2/c1-13-2-4-14(5-3-13)15-8-17(9-15)28-19(29)10-16(26-28)11-27-12-25-21-20(22(27)30)18(23)6-7-24-21/h2-7,12,15,17H,8-11H2,1H3/t15-,17-. The maximum absolute atomic E-state index is 12.8. The molecule has 8 heteroatoms. The first-order valence-corrected chi connectivity index (χ1v) is 10.3. The summed E-state index contributed by atoms with van der Waals surface area (Å²) in [6, 6.07) is 10.3. The van der Waals surface area contributed by atoms with E-state index in [1.54, 1.807) is 11.1 Å². The fourth-order valence-electron chi connectivity index (χ4n) is 4.12. The zero-order chi connectivity index (χ0) is 20.8. The van der Waals surface area contributed by atoms with Crippen LogP contribution in [0.15, 0.2) is 52.8 Å². The molecule has 0 atom stereocenters. The van der Waals surface area contributed by atoms with Crippen molar-refractivity contribution in [3.05, 3.63) is 69.4 Å². The van der Waals surface area contributed by atoms with Gasteiger partial charge in [0.05, 0.1) is 29.7 Å². The number of fused-ring (bicyclic) bond motifs is 1. The number of hydrogen-bond acceptors (Lipinski definition) is 5. The van der Waals surface area contributed by atoms with E-state index in [9.17, 15) is 9.59 Å². The summed E-state index contributed by atoms with van der Waals surface area (Å²) in [5, 5.41) is 6.74. The minimum absolute atomic E-state index is 0.0150. The lowest BCUT2D eigenvalue weighted by Crippen LogP contribution is -2.42. The van der Waals surface area contributed by atoms with Crippen LogP contribution in [0.1, 0.15) is 36.3 Å². The number of pyridine rings is 1. The van der Waals surface area contributed by atoms with Crippen LogP contribution >= 0.6 is 11.6 Å². The van der Waals surface area contributed by atoms with Crippen molar-refractivity contribution in [3.63, 3.8) is 0 Å². The molecule has 0 unspecified atom stereocenters. The van der Waals surface area contributed by atoms with Crippen molar-refractivity contribution in [3.8, 4) is 0 Å². The molecule has 0 N–H and O–H groups in total. The highest BCUT2D eigenvalue weighted by molar-refractivity contribution is 6.35. The second kappa shape index (κ2) is 7.32. The molecule has 0 bridgehead atoms. The largest absolute Gasteiger partial charge is 0.293 e. The smallest absolute Gasteiger partial charge is 0.264 e. The number of aryl methyl sites for hydroxylation is 1. The molecule has 1 aromatic carbocycles. The van der Waals surface area contributed by atoms with Gasteiger partial charge in [0.25, 0.3) is 5.56 Å². The Labute approximate surface area is 178 Å². The van der Waals surface area contributed by atoms with Gasteiger partial charge in [-0.2, -0.15) is 5.10 Å². The van der Waals surface area contributed by atoms with E-state index in [1.807, 2.05) is 0 Å². The van der Waals surface area contributed by atoms with Crippen LogP contribution in [0.4, 0.5) is 0 Å². The Morgan fingerprint density at radius 3 is 2.63 bits per heavy atom. The van der Waals surface area contributed by atoms with E-state index < -0.39 is 0 Å². The van der Waals surface area contributed by atoms with Crippen LogP contribution in [0.5, 0.6) is 0 Å². The minimum atomic E-state index is -0.283. The third-order valence-electron chi connectivity index (χ3n) is 5.89. The Kier molecular flexibility index (Phi) is 4.62. The molecule has 0 radical (unpaired) electrons. The average Bonchev–Trinajstić information content (AvgIpc) is 3.04. The summed E-state index contributed by atoms with van der Waals surface area (Å²) in [4.78, 5) is 33.6. The van der Waals surface area contributed by atoms with Crippen molar-refractivity contribution in [2.24, 2.45) is 5.10 Å². The van der Waals surface area contributed by atoms with E-state index in [0.29, 0.717) is 22.3 Å². The topological polar surface area (TPSA) is 80.5 Å². The van der Waals surface area contributed by atoms with E-state index in [-0.39, 0.29) is 35.9 Å². The van der Waals surface area contributed by atoms with Crippen molar-refractivity contribution >= 4 is 34.3 Å². The molecule has 5 rings (SSSR count). The number of carbonyl (C=O) groups is 1. The van der Waals surface area contributed by atoms with Crippen LogP contribution in [0, 0.1) is 6.92 Å². The van der Waals surface area contributed by atoms with Gasteiger partial charge in [-0.05, 0) is 37.3 Å². The van der Waals surface area contributed by atoms with E-state index in [2.05, 4.69) is 46.3 Å². The molecule has 152 valence electrons. The highest BCUT2D eigenvalue weighted by Crippen LogP contribution is 2.41. The van der Waals surface area contributed by atoms with Gasteiger partial charge >= 0.3 is 0 Å². The molecule has 1 fully saturated rings. The molecule has 0 spiro atoms. The van der Waals surface area contributed by atoms with Crippen LogP contribution < -0.4 is 5.56 Å². The predicted molar refractivity (Wildman–Crippen MR) is 115 cm³/mol. The van der Waals surface area contributed by atoms with Gasteiger partial charge in [-0.3, -0.25) is 14.2 Å². The van der Waals surface area contributed by atoms with E-state index >= 15 is 0 Å². The maximum atomic E-state index is 12.8. The maximum Gasteiger partial charge on any atom is 0.264 e. The van der Waals surface area contributed by atoms with Gasteiger partial charge in [0.2, 0.25) is 5.91 Å². The molecular formula is C22H20ClN5O2. The summed E-state index contributed by atoms with van der Waals surface area (Å²) in [5.74, 6) is 0.448. The van der Waals surface area contributed by atoms with Crippen molar-refractivity contribution in [1.82, 2.24) is 19.5 Å². The third-order valence-corrected chi connectivity index (χ3v) is 6.21. The SMILES string of the molecule is Cc1ccc([C@H]2C[C@H](N3N=C(Cn4cnc5nccc(Cl)c5c4=O)CC3=O)C2)cc1. The second-order valence-electron chi connectivity index (χ2n) is 7.98. The quantitative estimate of drug-likeness (QED) is 0.647. The number of hydrogen-bond donors (Lipinski definition) is 0. The first-order valence-electron chi connectivity index (χ1n) is 9.94. The molecule has 1 saturated carbocycles. The van der Waals surface area contributed by atoms with Crippen LogP contribution in [0.3, 0.4) is 0 Å². The molecular weight excluding hydrogens is 402 g/mol. The van der Waals surface area contributed by atoms with Crippen molar-refractivity contribution in [2.75, 3.05) is 0 Å². The predicted octanol–water partition coefficient (Wildman–Crippen LogP) is 3.29. The summed E-state index contributed by atoms with van der Waals surface area (Å²) in [7, 11) is 0. The third kappa shape index (κ3) is 3.29. The number of benzene rings is 1. The van der Waals surface area contributed by atoms with Crippen LogP contribution in [0.25, 0.3) is 11.0 Å². The number of hydrazone groups is 1.